The van der Waals surface area contributed by atoms with E-state index in [1.165, 1.54) is 0 Å². The summed E-state index contributed by atoms with van der Waals surface area (Å²) >= 11 is 0. The molecule has 0 bridgehead atoms. The number of amides is 1. The van der Waals surface area contributed by atoms with Crippen LogP contribution >= 0.6 is 0 Å². The van der Waals surface area contributed by atoms with Gasteiger partial charge in [0.2, 0.25) is 5.91 Å². The van der Waals surface area contributed by atoms with Gasteiger partial charge < -0.3 is 9.80 Å². The molecule has 0 aromatic heterocycles. The molecule has 1 heterocycles. The van der Waals surface area contributed by atoms with Crippen LogP contribution in [0.3, 0.4) is 0 Å². The first kappa shape index (κ1) is 17.4. The van der Waals surface area contributed by atoms with Crippen LogP contribution in [0.1, 0.15) is 47.5 Å². The largest absolute Gasteiger partial charge is 0.321 e. The summed E-state index contributed by atoms with van der Waals surface area (Å²) in [5.74, 6) is 1.19. The summed E-state index contributed by atoms with van der Waals surface area (Å²) in [5, 5.41) is 3.56. The Morgan fingerprint density at radius 3 is 2.25 bits per heavy atom. The third-order valence-electron chi connectivity index (χ3n) is 4.11. The second-order valence-electron chi connectivity index (χ2n) is 7.02. The summed E-state index contributed by atoms with van der Waals surface area (Å²) in [6.45, 7) is 11.9. The lowest BCUT2D eigenvalue weighted by Crippen LogP contribution is -2.53. The number of hydrogen-bond donors (Lipinski definition) is 1. The van der Waals surface area contributed by atoms with Crippen molar-refractivity contribution in [3.05, 3.63) is 0 Å². The lowest BCUT2D eigenvalue weighted by Gasteiger charge is -2.38. The molecule has 4 heteroatoms. The smallest absolute Gasteiger partial charge is 0.241 e. The molecule has 1 N–H and O–H groups in total. The molecule has 1 aliphatic rings. The highest BCUT2D eigenvalue weighted by Gasteiger charge is 2.43. The molecule has 4 nitrogen and oxygen atoms in total. The molecule has 1 rings (SSSR count). The zero-order valence-electron chi connectivity index (χ0n) is 14.3. The minimum Gasteiger partial charge on any atom is -0.321 e. The quantitative estimate of drug-likeness (QED) is 0.778. The molecule has 1 aliphatic heterocycles. The average Bonchev–Trinajstić information content (AvgIpc) is 2.64. The third-order valence-corrected chi connectivity index (χ3v) is 4.11. The van der Waals surface area contributed by atoms with Crippen molar-refractivity contribution in [3.63, 3.8) is 0 Å². The van der Waals surface area contributed by atoms with Crippen molar-refractivity contribution >= 4 is 5.91 Å². The Morgan fingerprint density at radius 2 is 1.85 bits per heavy atom. The van der Waals surface area contributed by atoms with Gasteiger partial charge in [-0.15, -0.1) is 0 Å². The SMILES string of the molecule is CCCC1NC(C(C)C)N(C(CN(C)C)C(C)C)C1=O. The van der Waals surface area contributed by atoms with E-state index in [2.05, 4.69) is 63.8 Å². The maximum atomic E-state index is 12.8. The van der Waals surface area contributed by atoms with E-state index in [0.29, 0.717) is 17.7 Å². The summed E-state index contributed by atoms with van der Waals surface area (Å²) in [7, 11) is 4.16. The van der Waals surface area contributed by atoms with Gasteiger partial charge in [0.05, 0.1) is 12.2 Å². The predicted octanol–water partition coefficient (Wildman–Crippen LogP) is 2.16. The highest BCUT2D eigenvalue weighted by Crippen LogP contribution is 2.26. The molecule has 0 aromatic rings. The molecule has 118 valence electrons. The van der Waals surface area contributed by atoms with E-state index < -0.39 is 0 Å². The molecule has 0 aromatic carbocycles. The Hall–Kier alpha value is -0.610. The van der Waals surface area contributed by atoms with Crippen molar-refractivity contribution in [2.45, 2.75) is 65.7 Å². The second kappa shape index (κ2) is 7.41. The third kappa shape index (κ3) is 3.95. The topological polar surface area (TPSA) is 35.6 Å². The van der Waals surface area contributed by atoms with Gasteiger partial charge in [-0.1, -0.05) is 41.0 Å². The molecule has 20 heavy (non-hydrogen) atoms. The van der Waals surface area contributed by atoms with Crippen molar-refractivity contribution < 1.29 is 4.79 Å². The van der Waals surface area contributed by atoms with Crippen molar-refractivity contribution in [3.8, 4) is 0 Å². The highest BCUT2D eigenvalue weighted by molar-refractivity contribution is 5.84. The Bertz CT molecular complexity index is 315. The van der Waals surface area contributed by atoms with Crippen LogP contribution < -0.4 is 5.32 Å². The lowest BCUT2D eigenvalue weighted by molar-refractivity contribution is -0.134. The van der Waals surface area contributed by atoms with Gasteiger partial charge >= 0.3 is 0 Å². The summed E-state index contributed by atoms with van der Waals surface area (Å²) < 4.78 is 0. The fraction of sp³-hybridized carbons (Fsp3) is 0.938. The van der Waals surface area contributed by atoms with Crippen LogP contribution in [0.2, 0.25) is 0 Å². The maximum Gasteiger partial charge on any atom is 0.241 e. The van der Waals surface area contributed by atoms with Crippen LogP contribution in [0, 0.1) is 11.8 Å². The van der Waals surface area contributed by atoms with E-state index in [-0.39, 0.29) is 18.2 Å². The molecule has 3 unspecified atom stereocenters. The van der Waals surface area contributed by atoms with Crippen LogP contribution in [0.25, 0.3) is 0 Å². The van der Waals surface area contributed by atoms with Crippen LogP contribution in [-0.4, -0.2) is 54.6 Å². The van der Waals surface area contributed by atoms with Crippen molar-refractivity contribution in [1.82, 2.24) is 15.1 Å². The fourth-order valence-electron chi connectivity index (χ4n) is 3.05. The highest BCUT2D eigenvalue weighted by atomic mass is 16.2. The molecule has 0 saturated carbocycles. The first-order valence-corrected chi connectivity index (χ1v) is 8.02. The number of carbonyl (C=O) groups excluding carboxylic acids is 1. The van der Waals surface area contributed by atoms with Gasteiger partial charge in [-0.2, -0.15) is 0 Å². The first-order chi connectivity index (χ1) is 9.29. The first-order valence-electron chi connectivity index (χ1n) is 8.02. The zero-order valence-corrected chi connectivity index (χ0v) is 14.3. The minimum absolute atomic E-state index is 0.0100. The molecule has 1 saturated heterocycles. The van der Waals surface area contributed by atoms with Gasteiger partial charge in [-0.05, 0) is 32.4 Å². The van der Waals surface area contributed by atoms with Gasteiger partial charge in [0.25, 0.3) is 0 Å². The second-order valence-corrected chi connectivity index (χ2v) is 7.02. The Balaban J connectivity index is 2.98. The summed E-state index contributed by atoms with van der Waals surface area (Å²) in [6, 6.07) is 0.287. The molecule has 0 aliphatic carbocycles. The molecule has 0 spiro atoms. The van der Waals surface area contributed by atoms with Gasteiger partial charge in [-0.25, -0.2) is 0 Å². The average molecular weight is 283 g/mol. The number of nitrogens with one attached hydrogen (secondary N) is 1. The number of rotatable bonds is 7. The van der Waals surface area contributed by atoms with E-state index in [1.807, 2.05) is 0 Å². The summed E-state index contributed by atoms with van der Waals surface area (Å²) in [6.07, 6.45) is 2.15. The standard InChI is InChI=1S/C16H33N3O/c1-8-9-13-16(20)19(15(17-13)12(4)5)14(11(2)3)10-18(6)7/h11-15,17H,8-10H2,1-7H3. The summed E-state index contributed by atoms with van der Waals surface area (Å²) in [4.78, 5) is 17.1. The molecule has 0 radical (unpaired) electrons. The number of hydrogen-bond acceptors (Lipinski definition) is 3. The van der Waals surface area contributed by atoms with Crippen molar-refractivity contribution in [2.75, 3.05) is 20.6 Å². The number of likely N-dealkylation sites (N-methyl/N-ethyl adjacent to an activating group) is 1. The van der Waals surface area contributed by atoms with E-state index in [0.717, 1.165) is 19.4 Å². The van der Waals surface area contributed by atoms with Crippen LogP contribution in [-0.2, 0) is 4.79 Å². The van der Waals surface area contributed by atoms with Crippen molar-refractivity contribution in [2.24, 2.45) is 11.8 Å². The summed E-state index contributed by atoms with van der Waals surface area (Å²) in [5.41, 5.74) is 0. The van der Waals surface area contributed by atoms with Crippen LogP contribution in [0.5, 0.6) is 0 Å². The molecule has 1 fully saturated rings. The maximum absolute atomic E-state index is 12.8. The zero-order chi connectivity index (χ0) is 15.4. The molecule has 3 atom stereocenters. The molecular weight excluding hydrogens is 250 g/mol. The Labute approximate surface area is 124 Å². The minimum atomic E-state index is 0.0100. The monoisotopic (exact) mass is 283 g/mol. The van der Waals surface area contributed by atoms with E-state index >= 15 is 0 Å². The Morgan fingerprint density at radius 1 is 1.25 bits per heavy atom. The normalized spacial score (nSPS) is 25.3. The van der Waals surface area contributed by atoms with Gasteiger partial charge in [0.15, 0.2) is 0 Å². The number of carbonyl (C=O) groups is 1. The van der Waals surface area contributed by atoms with Crippen molar-refractivity contribution in [1.29, 1.82) is 0 Å². The van der Waals surface area contributed by atoms with Gasteiger partial charge in [0, 0.05) is 12.6 Å². The van der Waals surface area contributed by atoms with Gasteiger partial charge in [-0.3, -0.25) is 10.1 Å². The predicted molar refractivity (Wildman–Crippen MR) is 84.5 cm³/mol. The van der Waals surface area contributed by atoms with Crippen LogP contribution in [0.4, 0.5) is 0 Å². The lowest BCUT2D eigenvalue weighted by atomic mass is 9.99. The Kier molecular flexibility index (Phi) is 6.46. The van der Waals surface area contributed by atoms with E-state index in [4.69, 9.17) is 0 Å². The van der Waals surface area contributed by atoms with E-state index in [9.17, 15) is 4.79 Å². The van der Waals surface area contributed by atoms with Gasteiger partial charge in [0.1, 0.15) is 0 Å². The molecule has 1 amide bonds. The molecular formula is C16H33N3O. The number of nitrogens with zero attached hydrogens (tertiary/aromatic N) is 2. The van der Waals surface area contributed by atoms with E-state index in [1.54, 1.807) is 0 Å². The van der Waals surface area contributed by atoms with Crippen LogP contribution in [0.15, 0.2) is 0 Å². The fourth-order valence-corrected chi connectivity index (χ4v) is 3.05.